The molecular formula is C24H26N6O2. The van der Waals surface area contributed by atoms with E-state index in [1.165, 1.54) is 0 Å². The van der Waals surface area contributed by atoms with Gasteiger partial charge in [-0.1, -0.05) is 41.6 Å². The van der Waals surface area contributed by atoms with Gasteiger partial charge in [0.1, 0.15) is 0 Å². The Morgan fingerprint density at radius 2 is 1.91 bits per heavy atom. The van der Waals surface area contributed by atoms with Crippen molar-refractivity contribution in [1.82, 2.24) is 24.5 Å². The third-order valence-electron chi connectivity index (χ3n) is 6.31. The predicted molar refractivity (Wildman–Crippen MR) is 121 cm³/mol. The van der Waals surface area contributed by atoms with Gasteiger partial charge in [-0.05, 0) is 43.4 Å². The molecule has 0 spiro atoms. The highest BCUT2D eigenvalue weighted by Gasteiger charge is 2.31. The van der Waals surface area contributed by atoms with Gasteiger partial charge >= 0.3 is 0 Å². The van der Waals surface area contributed by atoms with Crippen molar-refractivity contribution in [3.8, 4) is 11.3 Å². The molecule has 1 fully saturated rings. The van der Waals surface area contributed by atoms with Crippen molar-refractivity contribution in [2.75, 3.05) is 13.2 Å². The third-order valence-corrected chi connectivity index (χ3v) is 6.31. The molecule has 32 heavy (non-hydrogen) atoms. The Hall–Kier alpha value is -3.52. The minimum atomic E-state index is -0.533. The Morgan fingerprint density at radius 3 is 2.56 bits per heavy atom. The van der Waals surface area contributed by atoms with Crippen LogP contribution in [0.2, 0.25) is 0 Å². The summed E-state index contributed by atoms with van der Waals surface area (Å²) in [6.07, 6.45) is 1.81. The lowest BCUT2D eigenvalue weighted by Crippen LogP contribution is -2.30. The van der Waals surface area contributed by atoms with E-state index in [-0.39, 0.29) is 11.9 Å². The average Bonchev–Trinajstić information content (AvgIpc) is 3.35. The molecule has 0 saturated carbocycles. The Morgan fingerprint density at radius 1 is 1.16 bits per heavy atom. The molecular weight excluding hydrogens is 404 g/mol. The SMILES string of the molecule is Cc1nnn(C)c1-c1ccc2nc(C(N)=O)n(C(c3ccccc3)C3CCOCC3)c2c1. The first-order chi connectivity index (χ1) is 15.5. The van der Waals surface area contributed by atoms with Crippen LogP contribution >= 0.6 is 0 Å². The maximum Gasteiger partial charge on any atom is 0.284 e. The fourth-order valence-corrected chi connectivity index (χ4v) is 4.87. The van der Waals surface area contributed by atoms with Crippen molar-refractivity contribution in [3.05, 3.63) is 65.6 Å². The number of rotatable bonds is 5. The summed E-state index contributed by atoms with van der Waals surface area (Å²) < 4.78 is 9.43. The monoisotopic (exact) mass is 430 g/mol. The van der Waals surface area contributed by atoms with Gasteiger partial charge in [0.2, 0.25) is 0 Å². The number of carbonyl (C=O) groups excluding carboxylic acids is 1. The first-order valence-corrected chi connectivity index (χ1v) is 10.9. The second-order valence-electron chi connectivity index (χ2n) is 8.33. The summed E-state index contributed by atoms with van der Waals surface area (Å²) in [5.74, 6) is 0.0388. The number of nitrogens with two attached hydrogens (primary N) is 1. The second kappa shape index (κ2) is 8.20. The van der Waals surface area contributed by atoms with Crippen molar-refractivity contribution < 1.29 is 9.53 Å². The lowest BCUT2D eigenvalue weighted by Gasteiger charge is -2.33. The Labute approximate surface area is 186 Å². The van der Waals surface area contributed by atoms with Crippen LogP contribution in [0.15, 0.2) is 48.5 Å². The van der Waals surface area contributed by atoms with E-state index in [0.717, 1.165) is 46.4 Å². The summed E-state index contributed by atoms with van der Waals surface area (Å²) in [7, 11) is 1.88. The van der Waals surface area contributed by atoms with Crippen LogP contribution in [0.4, 0.5) is 0 Å². The van der Waals surface area contributed by atoms with Crippen LogP contribution in [0.5, 0.6) is 0 Å². The molecule has 4 aromatic rings. The number of imidazole rings is 1. The van der Waals surface area contributed by atoms with Gasteiger partial charge in [0.25, 0.3) is 5.91 Å². The number of hydrogen-bond acceptors (Lipinski definition) is 5. The average molecular weight is 431 g/mol. The summed E-state index contributed by atoms with van der Waals surface area (Å²) in [6.45, 7) is 3.35. The molecule has 0 aliphatic carbocycles. The maximum absolute atomic E-state index is 12.5. The van der Waals surface area contributed by atoms with E-state index < -0.39 is 5.91 Å². The predicted octanol–water partition coefficient (Wildman–Crippen LogP) is 3.26. The van der Waals surface area contributed by atoms with Gasteiger partial charge in [-0.25, -0.2) is 9.67 Å². The number of amides is 1. The molecule has 1 aliphatic rings. The van der Waals surface area contributed by atoms with Gasteiger partial charge in [0, 0.05) is 25.8 Å². The van der Waals surface area contributed by atoms with Crippen molar-refractivity contribution in [3.63, 3.8) is 0 Å². The smallest absolute Gasteiger partial charge is 0.284 e. The minimum absolute atomic E-state index is 0.0754. The summed E-state index contributed by atoms with van der Waals surface area (Å²) in [5, 5.41) is 8.33. The molecule has 1 unspecified atom stereocenters. The Kier molecular flexibility index (Phi) is 5.22. The summed E-state index contributed by atoms with van der Waals surface area (Å²) in [6, 6.07) is 16.2. The van der Waals surface area contributed by atoms with Crippen molar-refractivity contribution >= 4 is 16.9 Å². The van der Waals surface area contributed by atoms with E-state index in [9.17, 15) is 4.79 Å². The van der Waals surface area contributed by atoms with Gasteiger partial charge < -0.3 is 15.0 Å². The standard InChI is InChI=1S/C24H26N6O2/c1-15-21(29(2)28-27-15)18-8-9-19-20(14-18)30(24(26-19)23(25)31)22(16-6-4-3-5-7-16)17-10-12-32-13-11-17/h3-9,14,17,22H,10-13H2,1-2H3,(H2,25,31). The molecule has 1 amide bonds. The quantitative estimate of drug-likeness (QED) is 0.524. The van der Waals surface area contributed by atoms with Crippen molar-refractivity contribution in [2.24, 2.45) is 18.7 Å². The molecule has 0 bridgehead atoms. The highest BCUT2D eigenvalue weighted by atomic mass is 16.5. The highest BCUT2D eigenvalue weighted by molar-refractivity contribution is 5.95. The molecule has 1 saturated heterocycles. The fraction of sp³-hybridized carbons (Fsp3) is 0.333. The van der Waals surface area contributed by atoms with Gasteiger partial charge in [0.15, 0.2) is 5.82 Å². The molecule has 0 radical (unpaired) electrons. The zero-order valence-electron chi connectivity index (χ0n) is 18.2. The summed E-state index contributed by atoms with van der Waals surface area (Å²) >= 11 is 0. The van der Waals surface area contributed by atoms with E-state index >= 15 is 0 Å². The lowest BCUT2D eigenvalue weighted by atomic mass is 9.86. The molecule has 8 nitrogen and oxygen atoms in total. The summed E-state index contributed by atoms with van der Waals surface area (Å²) in [4.78, 5) is 17.2. The minimum Gasteiger partial charge on any atom is -0.381 e. The van der Waals surface area contributed by atoms with E-state index in [4.69, 9.17) is 10.5 Å². The number of primary amides is 1. The number of aromatic nitrogens is 5. The van der Waals surface area contributed by atoms with Gasteiger partial charge in [-0.3, -0.25) is 4.79 Å². The van der Waals surface area contributed by atoms with Crippen LogP contribution in [0, 0.1) is 12.8 Å². The van der Waals surface area contributed by atoms with E-state index in [1.807, 2.05) is 48.9 Å². The van der Waals surface area contributed by atoms with E-state index in [1.54, 1.807) is 4.68 Å². The first kappa shape index (κ1) is 20.4. The molecule has 5 rings (SSSR count). The lowest BCUT2D eigenvalue weighted by molar-refractivity contribution is 0.0543. The van der Waals surface area contributed by atoms with Crippen LogP contribution in [-0.2, 0) is 11.8 Å². The normalized spacial score (nSPS) is 15.8. The van der Waals surface area contributed by atoms with Crippen LogP contribution in [0.1, 0.15) is 40.8 Å². The number of carbonyl (C=O) groups is 1. The zero-order valence-corrected chi connectivity index (χ0v) is 18.2. The highest BCUT2D eigenvalue weighted by Crippen LogP contribution is 2.38. The van der Waals surface area contributed by atoms with Crippen LogP contribution in [0.25, 0.3) is 22.3 Å². The number of benzene rings is 2. The topological polar surface area (TPSA) is 101 Å². The van der Waals surface area contributed by atoms with Gasteiger partial charge in [-0.15, -0.1) is 5.10 Å². The van der Waals surface area contributed by atoms with Crippen LogP contribution in [0.3, 0.4) is 0 Å². The maximum atomic E-state index is 12.5. The number of ether oxygens (including phenoxy) is 1. The number of nitrogens with zero attached hydrogens (tertiary/aromatic N) is 5. The molecule has 3 heterocycles. The van der Waals surface area contributed by atoms with Crippen LogP contribution < -0.4 is 5.73 Å². The zero-order chi connectivity index (χ0) is 22.2. The van der Waals surface area contributed by atoms with Crippen molar-refractivity contribution in [1.29, 1.82) is 0 Å². The second-order valence-corrected chi connectivity index (χ2v) is 8.33. The third kappa shape index (κ3) is 3.46. The van der Waals surface area contributed by atoms with E-state index in [2.05, 4.69) is 33.5 Å². The molecule has 2 aromatic carbocycles. The van der Waals surface area contributed by atoms with Crippen LogP contribution in [-0.4, -0.2) is 43.7 Å². The van der Waals surface area contributed by atoms with Gasteiger partial charge in [0.05, 0.1) is 28.5 Å². The van der Waals surface area contributed by atoms with Crippen molar-refractivity contribution in [2.45, 2.75) is 25.8 Å². The van der Waals surface area contributed by atoms with Gasteiger partial charge in [-0.2, -0.15) is 0 Å². The number of aryl methyl sites for hydroxylation is 2. The molecule has 2 aromatic heterocycles. The molecule has 8 heteroatoms. The number of fused-ring (bicyclic) bond motifs is 1. The fourth-order valence-electron chi connectivity index (χ4n) is 4.87. The molecule has 164 valence electrons. The molecule has 1 aliphatic heterocycles. The summed E-state index contributed by atoms with van der Waals surface area (Å²) in [5.41, 5.74) is 11.3. The molecule has 1 atom stereocenters. The van der Waals surface area contributed by atoms with E-state index in [0.29, 0.717) is 19.1 Å². The number of hydrogen-bond donors (Lipinski definition) is 1. The first-order valence-electron chi connectivity index (χ1n) is 10.9. The largest absolute Gasteiger partial charge is 0.381 e. The Balaban J connectivity index is 1.76. The molecule has 2 N–H and O–H groups in total. The Bertz CT molecular complexity index is 1250.